The monoisotopic (exact) mass is 354 g/mol. The van der Waals surface area contributed by atoms with E-state index in [4.69, 9.17) is 10.5 Å². The molecule has 0 bridgehead atoms. The normalized spacial score (nSPS) is 31.4. The Morgan fingerprint density at radius 2 is 2.16 bits per heavy atom. The molecule has 5 atom stereocenters. The van der Waals surface area contributed by atoms with Gasteiger partial charge in [-0.3, -0.25) is 15.2 Å². The number of nitrogens with one attached hydrogen (secondary N) is 1. The highest BCUT2D eigenvalue weighted by Gasteiger charge is 2.48. The maximum atomic E-state index is 11.0. The number of likely N-dealkylation sites (tertiary alicyclic amines) is 1. The summed E-state index contributed by atoms with van der Waals surface area (Å²) in [5.41, 5.74) is 6.53. The van der Waals surface area contributed by atoms with Gasteiger partial charge in [0.05, 0.1) is 12.6 Å². The molecule has 6 nitrogen and oxygen atoms in total. The van der Waals surface area contributed by atoms with Crippen LogP contribution in [0.4, 0.5) is 0 Å². The number of aliphatic hydroxyl groups is 1. The first-order valence-corrected chi connectivity index (χ1v) is 10.0. The Kier molecular flexibility index (Phi) is 7.68. The van der Waals surface area contributed by atoms with Crippen molar-refractivity contribution in [2.24, 2.45) is 10.7 Å². The second-order valence-corrected chi connectivity index (χ2v) is 7.69. The predicted molar refractivity (Wildman–Crippen MR) is 103 cm³/mol. The molecule has 4 unspecified atom stereocenters. The summed E-state index contributed by atoms with van der Waals surface area (Å²) in [6.45, 7) is 7.66. The largest absolute Gasteiger partial charge is 0.480 e. The maximum Gasteiger partial charge on any atom is 0.200 e. The molecule has 1 aliphatic heterocycles. The molecular formula is C19H38N4O2. The number of rotatable bonds is 8. The van der Waals surface area contributed by atoms with Gasteiger partial charge in [0.1, 0.15) is 6.23 Å². The van der Waals surface area contributed by atoms with Gasteiger partial charge in [0.2, 0.25) is 5.90 Å². The molecular weight excluding hydrogens is 316 g/mol. The Morgan fingerprint density at radius 1 is 1.40 bits per heavy atom. The predicted octanol–water partition coefficient (Wildman–Crippen LogP) is 1.86. The number of hydrogen-bond donors (Lipinski definition) is 3. The van der Waals surface area contributed by atoms with Gasteiger partial charge < -0.3 is 15.6 Å². The zero-order chi connectivity index (χ0) is 18.4. The summed E-state index contributed by atoms with van der Waals surface area (Å²) in [7, 11) is 1.77. The Hall–Kier alpha value is -0.690. The van der Waals surface area contributed by atoms with E-state index in [9.17, 15) is 5.11 Å². The number of nitrogens with zero attached hydrogens (tertiary/aromatic N) is 2. The van der Waals surface area contributed by atoms with Crippen molar-refractivity contribution in [3.8, 4) is 0 Å². The van der Waals surface area contributed by atoms with Crippen molar-refractivity contribution in [1.82, 2.24) is 10.2 Å². The lowest BCUT2D eigenvalue weighted by molar-refractivity contribution is -0.0425. The first kappa shape index (κ1) is 20.6. The summed E-state index contributed by atoms with van der Waals surface area (Å²) >= 11 is 0. The van der Waals surface area contributed by atoms with Crippen LogP contribution < -0.4 is 11.1 Å². The molecule has 0 amide bonds. The van der Waals surface area contributed by atoms with Gasteiger partial charge >= 0.3 is 0 Å². The minimum Gasteiger partial charge on any atom is -0.480 e. The molecule has 0 aromatic rings. The van der Waals surface area contributed by atoms with Crippen molar-refractivity contribution in [3.63, 3.8) is 0 Å². The molecule has 2 fully saturated rings. The lowest BCUT2D eigenvalue weighted by atomic mass is 9.78. The van der Waals surface area contributed by atoms with Crippen molar-refractivity contribution >= 4 is 5.90 Å². The van der Waals surface area contributed by atoms with Gasteiger partial charge in [-0.15, -0.1) is 0 Å². The Balaban J connectivity index is 2.01. The van der Waals surface area contributed by atoms with E-state index < -0.39 is 6.23 Å². The summed E-state index contributed by atoms with van der Waals surface area (Å²) in [6.07, 6.45) is 7.03. The highest BCUT2D eigenvalue weighted by molar-refractivity contribution is 5.81. The minimum atomic E-state index is -0.535. The summed E-state index contributed by atoms with van der Waals surface area (Å²) in [4.78, 5) is 6.53. The third-order valence-corrected chi connectivity index (χ3v) is 5.91. The van der Waals surface area contributed by atoms with E-state index in [1.807, 2.05) is 13.8 Å². The number of fused-ring (bicyclic) bond motifs is 1. The number of aliphatic hydroxyl groups excluding tert-OH is 1. The van der Waals surface area contributed by atoms with Crippen molar-refractivity contribution in [2.75, 3.05) is 20.2 Å². The van der Waals surface area contributed by atoms with Crippen molar-refractivity contribution in [1.29, 1.82) is 0 Å². The first-order chi connectivity index (χ1) is 12.0. The standard InChI is InChI=1S/C19H38N4O2/c1-5-9-15(17(21-4)25-6-2)22-14(3)18(24)23-13-12-19(20)11-8-7-10-16(19)23/h14-16,18,22,24H,5-13,20H2,1-4H3/t14-,15?,16?,18?,19?/m0/s1. The fraction of sp³-hybridized carbons (Fsp3) is 0.947. The van der Waals surface area contributed by atoms with Crippen molar-refractivity contribution in [3.05, 3.63) is 0 Å². The van der Waals surface area contributed by atoms with Crippen LogP contribution in [0, 0.1) is 0 Å². The quantitative estimate of drug-likeness (QED) is 0.458. The van der Waals surface area contributed by atoms with Crippen LogP contribution in [0.3, 0.4) is 0 Å². The van der Waals surface area contributed by atoms with Crippen LogP contribution in [0.2, 0.25) is 0 Å². The lowest BCUT2D eigenvalue weighted by Gasteiger charge is -2.42. The van der Waals surface area contributed by atoms with Gasteiger partial charge in [-0.2, -0.15) is 0 Å². The van der Waals surface area contributed by atoms with Gasteiger partial charge in [0.15, 0.2) is 0 Å². The molecule has 6 heteroatoms. The number of hydrogen-bond acceptors (Lipinski definition) is 6. The number of nitrogens with two attached hydrogens (primary N) is 1. The van der Waals surface area contributed by atoms with E-state index >= 15 is 0 Å². The molecule has 25 heavy (non-hydrogen) atoms. The summed E-state index contributed by atoms with van der Waals surface area (Å²) < 4.78 is 5.69. The molecule has 2 rings (SSSR count). The van der Waals surface area contributed by atoms with Crippen LogP contribution in [0.25, 0.3) is 0 Å². The van der Waals surface area contributed by atoms with Crippen molar-refractivity contribution in [2.45, 2.75) is 95.6 Å². The van der Waals surface area contributed by atoms with E-state index in [0.29, 0.717) is 12.6 Å². The fourth-order valence-electron chi connectivity index (χ4n) is 4.57. The van der Waals surface area contributed by atoms with E-state index in [2.05, 4.69) is 22.1 Å². The topological polar surface area (TPSA) is 83.1 Å². The number of ether oxygens (including phenoxy) is 1. The van der Waals surface area contributed by atoms with Crippen LogP contribution in [0.15, 0.2) is 4.99 Å². The Bertz CT molecular complexity index is 445. The zero-order valence-electron chi connectivity index (χ0n) is 16.5. The summed E-state index contributed by atoms with van der Waals surface area (Å²) in [5.74, 6) is 0.732. The van der Waals surface area contributed by atoms with Crippen LogP contribution in [-0.4, -0.2) is 66.0 Å². The van der Waals surface area contributed by atoms with Crippen molar-refractivity contribution < 1.29 is 9.84 Å². The Morgan fingerprint density at radius 3 is 2.80 bits per heavy atom. The van der Waals surface area contributed by atoms with Crippen LogP contribution in [0.1, 0.15) is 65.7 Å². The summed E-state index contributed by atoms with van der Waals surface area (Å²) in [5, 5.41) is 14.5. The highest BCUT2D eigenvalue weighted by Crippen LogP contribution is 2.39. The number of aliphatic imine (C=N–C) groups is 1. The lowest BCUT2D eigenvalue weighted by Crippen LogP contribution is -2.59. The molecule has 1 saturated carbocycles. The van der Waals surface area contributed by atoms with Gasteiger partial charge in [0, 0.05) is 31.2 Å². The van der Waals surface area contributed by atoms with E-state index in [-0.39, 0.29) is 17.6 Å². The van der Waals surface area contributed by atoms with Gasteiger partial charge in [-0.05, 0) is 39.5 Å². The second kappa shape index (κ2) is 9.31. The SMILES string of the molecule is CCCC(N[C@@H](C)C(O)N1CCC2(N)CCCCC12)C(=NC)OCC. The third-order valence-electron chi connectivity index (χ3n) is 5.91. The van der Waals surface area contributed by atoms with Crippen LogP contribution in [0.5, 0.6) is 0 Å². The molecule has 1 saturated heterocycles. The summed E-state index contributed by atoms with van der Waals surface area (Å²) in [6, 6.07) is 0.269. The molecule has 0 aromatic carbocycles. The second-order valence-electron chi connectivity index (χ2n) is 7.69. The maximum absolute atomic E-state index is 11.0. The van der Waals surface area contributed by atoms with Gasteiger partial charge in [0.25, 0.3) is 0 Å². The molecule has 2 aliphatic rings. The van der Waals surface area contributed by atoms with Gasteiger partial charge in [-0.1, -0.05) is 26.2 Å². The molecule has 146 valence electrons. The molecule has 1 aliphatic carbocycles. The van der Waals surface area contributed by atoms with E-state index in [1.54, 1.807) is 7.05 Å². The average molecular weight is 355 g/mol. The average Bonchev–Trinajstić information content (AvgIpc) is 2.95. The fourth-order valence-corrected chi connectivity index (χ4v) is 4.57. The van der Waals surface area contributed by atoms with E-state index in [1.165, 1.54) is 12.8 Å². The minimum absolute atomic E-state index is 0.0381. The smallest absolute Gasteiger partial charge is 0.200 e. The molecule has 1 heterocycles. The van der Waals surface area contributed by atoms with Crippen LogP contribution in [-0.2, 0) is 4.74 Å². The first-order valence-electron chi connectivity index (χ1n) is 10.0. The van der Waals surface area contributed by atoms with E-state index in [0.717, 1.165) is 44.5 Å². The molecule has 0 spiro atoms. The van der Waals surface area contributed by atoms with Crippen LogP contribution >= 0.6 is 0 Å². The molecule has 4 N–H and O–H groups in total. The Labute approximate surface area is 153 Å². The highest BCUT2D eigenvalue weighted by atomic mass is 16.5. The van der Waals surface area contributed by atoms with Gasteiger partial charge in [-0.25, -0.2) is 0 Å². The zero-order valence-corrected chi connectivity index (χ0v) is 16.5. The molecule has 0 aromatic heterocycles. The third kappa shape index (κ3) is 4.73. The molecule has 0 radical (unpaired) electrons.